The van der Waals surface area contributed by atoms with E-state index in [9.17, 15) is 9.18 Å². The van der Waals surface area contributed by atoms with E-state index >= 15 is 0 Å². The number of unbranched alkanes of at least 4 members (excludes halogenated alkanes) is 2. The van der Waals surface area contributed by atoms with Crippen LogP contribution in [0.3, 0.4) is 0 Å². The number of benzene rings is 1. The monoisotopic (exact) mass is 262 g/mol. The molecule has 102 valence electrons. The first-order chi connectivity index (χ1) is 9.13. The fourth-order valence-electron chi connectivity index (χ4n) is 1.82. The van der Waals surface area contributed by atoms with Crippen LogP contribution in [-0.2, 0) is 4.79 Å². The number of hydrogen-bond acceptors (Lipinski definition) is 1. The topological polar surface area (TPSA) is 37.3 Å². The van der Waals surface area contributed by atoms with E-state index < -0.39 is 5.97 Å². The van der Waals surface area contributed by atoms with Gasteiger partial charge in [0.2, 0.25) is 0 Å². The number of rotatable bonds is 7. The Balaban J connectivity index is 2.88. The zero-order chi connectivity index (χ0) is 14.1. The lowest BCUT2D eigenvalue weighted by molar-refractivity contribution is -0.131. The van der Waals surface area contributed by atoms with Gasteiger partial charge < -0.3 is 5.11 Å². The third-order valence-electron chi connectivity index (χ3n) is 2.78. The Labute approximate surface area is 113 Å². The maximum atomic E-state index is 13.2. The average Bonchev–Trinajstić information content (AvgIpc) is 2.37. The fourth-order valence-corrected chi connectivity index (χ4v) is 1.82. The van der Waals surface area contributed by atoms with Gasteiger partial charge in [0.25, 0.3) is 0 Å². The van der Waals surface area contributed by atoms with E-state index in [4.69, 9.17) is 5.11 Å². The summed E-state index contributed by atoms with van der Waals surface area (Å²) in [6.07, 6.45) is 8.38. The lowest BCUT2D eigenvalue weighted by Crippen LogP contribution is -1.88. The van der Waals surface area contributed by atoms with E-state index in [0.717, 1.165) is 42.9 Å². The number of carbonyl (C=O) groups is 1. The van der Waals surface area contributed by atoms with Crippen molar-refractivity contribution in [3.63, 3.8) is 0 Å². The molecule has 0 aliphatic heterocycles. The molecule has 0 bridgehead atoms. The van der Waals surface area contributed by atoms with Gasteiger partial charge in [0.1, 0.15) is 5.82 Å². The van der Waals surface area contributed by atoms with Crippen molar-refractivity contribution in [3.8, 4) is 0 Å². The molecule has 1 rings (SSSR count). The van der Waals surface area contributed by atoms with Crippen LogP contribution >= 0.6 is 0 Å². The average molecular weight is 262 g/mol. The molecule has 0 amide bonds. The van der Waals surface area contributed by atoms with Crippen molar-refractivity contribution in [2.75, 3.05) is 0 Å². The predicted octanol–water partition coefficient (Wildman–Crippen LogP) is 4.43. The molecule has 1 aromatic carbocycles. The van der Waals surface area contributed by atoms with Crippen LogP contribution in [0.15, 0.2) is 42.5 Å². The first-order valence-electron chi connectivity index (χ1n) is 6.49. The van der Waals surface area contributed by atoms with Gasteiger partial charge in [-0.1, -0.05) is 44.1 Å². The summed E-state index contributed by atoms with van der Waals surface area (Å²) in [5.74, 6) is -1.26. The molecule has 19 heavy (non-hydrogen) atoms. The third-order valence-corrected chi connectivity index (χ3v) is 2.78. The highest BCUT2D eigenvalue weighted by molar-refractivity contribution is 5.80. The summed E-state index contributed by atoms with van der Waals surface area (Å²) in [5, 5.41) is 8.58. The number of carboxylic acids is 1. The van der Waals surface area contributed by atoms with Crippen molar-refractivity contribution in [1.82, 2.24) is 0 Å². The molecular weight excluding hydrogens is 243 g/mol. The zero-order valence-corrected chi connectivity index (χ0v) is 11.1. The number of aliphatic carboxylic acids is 1. The molecule has 0 aromatic heterocycles. The zero-order valence-electron chi connectivity index (χ0n) is 11.1. The van der Waals surface area contributed by atoms with Gasteiger partial charge in [-0.25, -0.2) is 9.18 Å². The number of hydrogen-bond donors (Lipinski definition) is 1. The summed E-state index contributed by atoms with van der Waals surface area (Å²) in [6, 6.07) is 6.39. The predicted molar refractivity (Wildman–Crippen MR) is 75.3 cm³/mol. The van der Waals surface area contributed by atoms with E-state index in [1.165, 1.54) is 18.2 Å². The number of halogens is 1. The lowest BCUT2D eigenvalue weighted by atomic mass is 9.99. The minimum absolute atomic E-state index is 0.277. The molecule has 1 N–H and O–H groups in total. The van der Waals surface area contributed by atoms with Crippen LogP contribution < -0.4 is 0 Å². The molecule has 0 saturated heterocycles. The van der Waals surface area contributed by atoms with Gasteiger partial charge in [-0.05, 0) is 36.1 Å². The maximum Gasteiger partial charge on any atom is 0.328 e. The molecule has 0 radical (unpaired) electrons. The van der Waals surface area contributed by atoms with Crippen molar-refractivity contribution >= 4 is 11.5 Å². The highest BCUT2D eigenvalue weighted by Crippen LogP contribution is 2.22. The van der Waals surface area contributed by atoms with Crippen LogP contribution in [0.1, 0.15) is 38.2 Å². The summed E-state index contributed by atoms with van der Waals surface area (Å²) in [5.41, 5.74) is 1.77. The Morgan fingerprint density at radius 2 is 2.16 bits per heavy atom. The first-order valence-corrected chi connectivity index (χ1v) is 6.49. The molecular formula is C16H19FO2. The summed E-state index contributed by atoms with van der Waals surface area (Å²) >= 11 is 0. The van der Waals surface area contributed by atoms with Gasteiger partial charge in [-0.3, -0.25) is 0 Å². The highest BCUT2D eigenvalue weighted by Gasteiger charge is 2.02. The SMILES string of the molecule is CCCCCC(=CC=CC(=O)O)c1cccc(F)c1. The second-order valence-electron chi connectivity index (χ2n) is 4.36. The van der Waals surface area contributed by atoms with Crippen LogP contribution in [0, 0.1) is 5.82 Å². The first kappa shape index (κ1) is 15.2. The Morgan fingerprint density at radius 3 is 2.79 bits per heavy atom. The smallest absolute Gasteiger partial charge is 0.328 e. The molecule has 0 saturated carbocycles. The summed E-state index contributed by atoms with van der Waals surface area (Å²) in [4.78, 5) is 10.5. The minimum Gasteiger partial charge on any atom is -0.478 e. The standard InChI is InChI=1S/C16H19FO2/c1-2-3-4-7-13(8-6-11-16(18)19)14-9-5-10-15(17)12-14/h5-6,8-12H,2-4,7H2,1H3,(H,18,19). The summed E-state index contributed by atoms with van der Waals surface area (Å²) in [6.45, 7) is 2.12. The molecule has 0 spiro atoms. The van der Waals surface area contributed by atoms with E-state index in [2.05, 4.69) is 6.92 Å². The van der Waals surface area contributed by atoms with Gasteiger partial charge in [0, 0.05) is 6.08 Å². The molecule has 0 fully saturated rings. The fraction of sp³-hybridized carbons (Fsp3) is 0.312. The molecule has 0 unspecified atom stereocenters. The van der Waals surface area contributed by atoms with E-state index in [-0.39, 0.29) is 5.82 Å². The summed E-state index contributed by atoms with van der Waals surface area (Å²) in [7, 11) is 0. The second-order valence-corrected chi connectivity index (χ2v) is 4.36. The quantitative estimate of drug-likeness (QED) is 0.448. The molecule has 2 nitrogen and oxygen atoms in total. The van der Waals surface area contributed by atoms with Crippen LogP contribution in [0.5, 0.6) is 0 Å². The number of carboxylic acid groups (broad SMARTS) is 1. The van der Waals surface area contributed by atoms with E-state index in [1.54, 1.807) is 12.1 Å². The molecule has 1 aromatic rings. The summed E-state index contributed by atoms with van der Waals surface area (Å²) < 4.78 is 13.2. The Bertz CT molecular complexity index is 475. The molecule has 0 atom stereocenters. The van der Waals surface area contributed by atoms with Gasteiger partial charge in [-0.15, -0.1) is 0 Å². The van der Waals surface area contributed by atoms with Gasteiger partial charge in [-0.2, -0.15) is 0 Å². The lowest BCUT2D eigenvalue weighted by Gasteiger charge is -2.07. The Kier molecular flexibility index (Phi) is 6.58. The Hall–Kier alpha value is -1.90. The Morgan fingerprint density at radius 1 is 1.37 bits per heavy atom. The van der Waals surface area contributed by atoms with Gasteiger partial charge >= 0.3 is 5.97 Å². The minimum atomic E-state index is -0.983. The van der Waals surface area contributed by atoms with Crippen LogP contribution in [-0.4, -0.2) is 11.1 Å². The molecule has 3 heteroatoms. The van der Waals surface area contributed by atoms with Crippen LogP contribution in [0.25, 0.3) is 5.57 Å². The van der Waals surface area contributed by atoms with Crippen molar-refractivity contribution in [2.24, 2.45) is 0 Å². The third kappa shape index (κ3) is 6.00. The molecule has 0 aliphatic carbocycles. The molecule has 0 aliphatic rings. The molecule has 0 heterocycles. The van der Waals surface area contributed by atoms with Gasteiger partial charge in [0.05, 0.1) is 0 Å². The van der Waals surface area contributed by atoms with Crippen LogP contribution in [0.2, 0.25) is 0 Å². The van der Waals surface area contributed by atoms with E-state index in [0.29, 0.717) is 0 Å². The largest absolute Gasteiger partial charge is 0.478 e. The highest BCUT2D eigenvalue weighted by atomic mass is 19.1. The maximum absolute atomic E-state index is 13.2. The van der Waals surface area contributed by atoms with Crippen molar-refractivity contribution in [1.29, 1.82) is 0 Å². The van der Waals surface area contributed by atoms with Crippen molar-refractivity contribution in [2.45, 2.75) is 32.6 Å². The van der Waals surface area contributed by atoms with E-state index in [1.807, 2.05) is 6.07 Å². The van der Waals surface area contributed by atoms with Crippen molar-refractivity contribution < 1.29 is 14.3 Å². The van der Waals surface area contributed by atoms with Crippen LogP contribution in [0.4, 0.5) is 4.39 Å². The van der Waals surface area contributed by atoms with Gasteiger partial charge in [0.15, 0.2) is 0 Å². The van der Waals surface area contributed by atoms with Crippen molar-refractivity contribution in [3.05, 3.63) is 53.9 Å². The normalized spacial score (nSPS) is 12.0. The second kappa shape index (κ2) is 8.25. The number of allylic oxidation sites excluding steroid dienone is 3.